The van der Waals surface area contributed by atoms with Crippen LogP contribution in [-0.2, 0) is 19.1 Å². The number of carbonyl (C=O) groups excluding carboxylic acids is 3. The lowest BCUT2D eigenvalue weighted by Gasteiger charge is -2.17. The van der Waals surface area contributed by atoms with E-state index in [4.69, 9.17) is 9.47 Å². The first kappa shape index (κ1) is 22.3. The van der Waals surface area contributed by atoms with Gasteiger partial charge in [-0.3, -0.25) is 14.4 Å². The lowest BCUT2D eigenvalue weighted by molar-refractivity contribution is -0.151. The second kappa shape index (κ2) is 9.64. The van der Waals surface area contributed by atoms with Gasteiger partial charge < -0.3 is 19.7 Å². The van der Waals surface area contributed by atoms with Crippen molar-refractivity contribution < 1.29 is 23.9 Å². The molecule has 0 bridgehead atoms. The molecule has 7 heteroatoms. The molecule has 0 radical (unpaired) electrons. The minimum atomic E-state index is -0.602. The molecule has 0 unspecified atom stereocenters. The number of nitrogens with zero attached hydrogens (tertiary/aromatic N) is 1. The second-order valence-corrected chi connectivity index (χ2v) is 7.76. The first-order chi connectivity index (χ1) is 14.8. The molecule has 1 saturated heterocycles. The van der Waals surface area contributed by atoms with Crippen molar-refractivity contribution in [3.8, 4) is 5.75 Å². The molecule has 2 amide bonds. The Hall–Kier alpha value is -3.35. The highest BCUT2D eigenvalue weighted by Crippen LogP contribution is 2.27. The van der Waals surface area contributed by atoms with Gasteiger partial charge in [0.2, 0.25) is 5.91 Å². The number of rotatable bonds is 7. The lowest BCUT2D eigenvalue weighted by atomic mass is 10.1. The molecule has 3 rings (SSSR count). The zero-order valence-corrected chi connectivity index (χ0v) is 18.4. The molecular weight excluding hydrogens is 396 g/mol. The van der Waals surface area contributed by atoms with Crippen molar-refractivity contribution in [2.75, 3.05) is 30.0 Å². The summed E-state index contributed by atoms with van der Waals surface area (Å²) in [6.07, 6.45) is 0.0594. The number of amides is 2. The first-order valence-corrected chi connectivity index (χ1v) is 10.4. The Morgan fingerprint density at radius 3 is 2.35 bits per heavy atom. The minimum Gasteiger partial charge on any atom is -0.494 e. The van der Waals surface area contributed by atoms with Crippen molar-refractivity contribution in [3.05, 3.63) is 53.1 Å². The SMILES string of the molecule is CCOc1ccc(N2C[C@@H](C(=O)OCC(=O)Nc3c(C)cc(C)cc3C)CC2=O)cc1. The van der Waals surface area contributed by atoms with Crippen LogP contribution in [0.5, 0.6) is 5.75 Å². The van der Waals surface area contributed by atoms with E-state index >= 15 is 0 Å². The number of nitrogens with one attached hydrogen (secondary N) is 1. The van der Waals surface area contributed by atoms with Gasteiger partial charge in [-0.1, -0.05) is 17.7 Å². The van der Waals surface area contributed by atoms with Gasteiger partial charge in [-0.2, -0.15) is 0 Å². The van der Waals surface area contributed by atoms with Crippen molar-refractivity contribution >= 4 is 29.2 Å². The normalized spacial score (nSPS) is 15.7. The molecule has 164 valence electrons. The average Bonchev–Trinajstić information content (AvgIpc) is 3.11. The number of hydrogen-bond acceptors (Lipinski definition) is 5. The molecule has 1 aliphatic rings. The maximum atomic E-state index is 12.4. The molecular formula is C24H28N2O5. The number of ether oxygens (including phenoxy) is 2. The summed E-state index contributed by atoms with van der Waals surface area (Å²) in [6, 6.07) is 11.1. The number of esters is 1. The molecule has 2 aromatic carbocycles. The van der Waals surface area contributed by atoms with Gasteiger partial charge in [-0.05, 0) is 63.1 Å². The fourth-order valence-corrected chi connectivity index (χ4v) is 3.81. The fraction of sp³-hybridized carbons (Fsp3) is 0.375. The molecule has 1 atom stereocenters. The van der Waals surface area contributed by atoms with Crippen LogP contribution in [0.2, 0.25) is 0 Å². The van der Waals surface area contributed by atoms with Gasteiger partial charge in [0.25, 0.3) is 5.91 Å². The molecule has 1 fully saturated rings. The van der Waals surface area contributed by atoms with E-state index in [1.54, 1.807) is 29.2 Å². The summed E-state index contributed by atoms with van der Waals surface area (Å²) in [5, 5.41) is 2.81. The average molecular weight is 424 g/mol. The van der Waals surface area contributed by atoms with Gasteiger partial charge in [0, 0.05) is 24.3 Å². The summed E-state index contributed by atoms with van der Waals surface area (Å²) in [7, 11) is 0. The van der Waals surface area contributed by atoms with E-state index in [0.717, 1.165) is 28.1 Å². The Morgan fingerprint density at radius 2 is 1.74 bits per heavy atom. The van der Waals surface area contributed by atoms with Crippen LogP contribution in [0, 0.1) is 26.7 Å². The van der Waals surface area contributed by atoms with E-state index in [1.807, 2.05) is 39.8 Å². The molecule has 7 nitrogen and oxygen atoms in total. The third-order valence-electron chi connectivity index (χ3n) is 5.20. The summed E-state index contributed by atoms with van der Waals surface area (Å²) in [5.41, 5.74) is 4.44. The van der Waals surface area contributed by atoms with E-state index in [9.17, 15) is 14.4 Å². The highest BCUT2D eigenvalue weighted by atomic mass is 16.5. The van der Waals surface area contributed by atoms with Gasteiger partial charge in [0.1, 0.15) is 5.75 Å². The highest BCUT2D eigenvalue weighted by Gasteiger charge is 2.36. The Bertz CT molecular complexity index is 961. The van der Waals surface area contributed by atoms with Crippen molar-refractivity contribution in [1.82, 2.24) is 0 Å². The largest absolute Gasteiger partial charge is 0.494 e. The van der Waals surface area contributed by atoms with Crippen molar-refractivity contribution in [2.24, 2.45) is 5.92 Å². The van der Waals surface area contributed by atoms with E-state index < -0.39 is 17.8 Å². The first-order valence-electron chi connectivity index (χ1n) is 10.4. The maximum Gasteiger partial charge on any atom is 0.311 e. The monoisotopic (exact) mass is 424 g/mol. The van der Waals surface area contributed by atoms with Crippen LogP contribution >= 0.6 is 0 Å². The molecule has 0 spiro atoms. The Morgan fingerprint density at radius 1 is 1.10 bits per heavy atom. The summed E-state index contributed by atoms with van der Waals surface area (Å²) in [5.74, 6) is -0.986. The number of aryl methyl sites for hydroxylation is 3. The van der Waals surface area contributed by atoms with Crippen LogP contribution in [0.4, 0.5) is 11.4 Å². The van der Waals surface area contributed by atoms with Crippen molar-refractivity contribution in [2.45, 2.75) is 34.1 Å². The highest BCUT2D eigenvalue weighted by molar-refractivity contribution is 6.00. The predicted octanol–water partition coefficient (Wildman–Crippen LogP) is 3.55. The van der Waals surface area contributed by atoms with Crippen molar-refractivity contribution in [1.29, 1.82) is 0 Å². The van der Waals surface area contributed by atoms with Crippen LogP contribution in [0.15, 0.2) is 36.4 Å². The molecule has 31 heavy (non-hydrogen) atoms. The number of carbonyl (C=O) groups is 3. The topological polar surface area (TPSA) is 84.9 Å². The number of anilines is 2. The van der Waals surface area contributed by atoms with Crippen molar-refractivity contribution in [3.63, 3.8) is 0 Å². The Kier molecular flexibility index (Phi) is 6.95. The quantitative estimate of drug-likeness (QED) is 0.687. The van der Waals surface area contributed by atoms with E-state index in [0.29, 0.717) is 12.3 Å². The van der Waals surface area contributed by atoms with E-state index in [2.05, 4.69) is 5.32 Å². The van der Waals surface area contributed by atoms with Crippen LogP contribution in [0.25, 0.3) is 0 Å². The molecule has 1 aliphatic heterocycles. The summed E-state index contributed by atoms with van der Waals surface area (Å²) >= 11 is 0. The molecule has 0 saturated carbocycles. The summed E-state index contributed by atoms with van der Waals surface area (Å²) in [6.45, 7) is 8.13. The van der Waals surface area contributed by atoms with Crippen LogP contribution in [-0.4, -0.2) is 37.5 Å². The molecule has 0 aromatic heterocycles. The molecule has 1 heterocycles. The second-order valence-electron chi connectivity index (χ2n) is 7.76. The standard InChI is InChI=1S/C24H28N2O5/c1-5-30-20-8-6-19(7-9-20)26-13-18(12-22(26)28)24(29)31-14-21(27)25-23-16(3)10-15(2)11-17(23)4/h6-11,18H,5,12-14H2,1-4H3,(H,25,27)/t18-/m0/s1. The number of hydrogen-bond donors (Lipinski definition) is 1. The van der Waals surface area contributed by atoms with Crippen LogP contribution in [0.3, 0.4) is 0 Å². The van der Waals surface area contributed by atoms with Gasteiger partial charge in [0.15, 0.2) is 6.61 Å². The maximum absolute atomic E-state index is 12.4. The Balaban J connectivity index is 1.54. The lowest BCUT2D eigenvalue weighted by Crippen LogP contribution is -2.28. The Labute approximate surface area is 182 Å². The molecule has 1 N–H and O–H groups in total. The number of benzene rings is 2. The third kappa shape index (κ3) is 5.42. The zero-order valence-electron chi connectivity index (χ0n) is 18.4. The van der Waals surface area contributed by atoms with E-state index in [1.165, 1.54) is 0 Å². The van der Waals surface area contributed by atoms with Gasteiger partial charge in [-0.25, -0.2) is 0 Å². The molecule has 0 aliphatic carbocycles. The van der Waals surface area contributed by atoms with Gasteiger partial charge in [-0.15, -0.1) is 0 Å². The molecule has 2 aromatic rings. The van der Waals surface area contributed by atoms with Gasteiger partial charge in [0.05, 0.1) is 12.5 Å². The van der Waals surface area contributed by atoms with Crippen LogP contribution < -0.4 is 15.0 Å². The van der Waals surface area contributed by atoms with E-state index in [-0.39, 0.29) is 25.5 Å². The summed E-state index contributed by atoms with van der Waals surface area (Å²) < 4.78 is 10.6. The van der Waals surface area contributed by atoms with Crippen LogP contribution in [0.1, 0.15) is 30.0 Å². The smallest absolute Gasteiger partial charge is 0.311 e. The zero-order chi connectivity index (χ0) is 22.5. The fourth-order valence-electron chi connectivity index (χ4n) is 3.81. The minimum absolute atomic E-state index is 0.0594. The predicted molar refractivity (Wildman–Crippen MR) is 118 cm³/mol. The van der Waals surface area contributed by atoms with Gasteiger partial charge >= 0.3 is 5.97 Å². The summed E-state index contributed by atoms with van der Waals surface area (Å²) in [4.78, 5) is 38.7. The third-order valence-corrected chi connectivity index (χ3v) is 5.20.